The van der Waals surface area contributed by atoms with Crippen LogP contribution < -0.4 is 28.4 Å². The molecular weight excluding hydrogens is 352 g/mol. The fraction of sp³-hybridized carbons (Fsp3) is 0.250. The lowest BCUT2D eigenvalue weighted by atomic mass is 10.1. The van der Waals surface area contributed by atoms with Crippen molar-refractivity contribution in [3.8, 4) is 34.5 Å². The maximum atomic E-state index is 12.6. The Labute approximate surface area is 157 Å². The molecule has 0 saturated carbocycles. The summed E-state index contributed by atoms with van der Waals surface area (Å²) in [4.78, 5) is 12.6. The fourth-order valence-corrected chi connectivity index (χ4v) is 2.74. The summed E-state index contributed by atoms with van der Waals surface area (Å²) in [5, 5.41) is 0. The Morgan fingerprint density at radius 1 is 0.889 bits per heavy atom. The maximum absolute atomic E-state index is 12.6. The Hall–Kier alpha value is -3.35. The molecule has 7 nitrogen and oxygen atoms in total. The second-order valence-electron chi connectivity index (χ2n) is 5.57. The van der Waals surface area contributed by atoms with E-state index in [0.717, 1.165) is 5.56 Å². The van der Waals surface area contributed by atoms with Crippen LogP contribution in [0.2, 0.25) is 0 Å². The van der Waals surface area contributed by atoms with Crippen LogP contribution in [0.5, 0.6) is 34.5 Å². The molecule has 0 N–H and O–H groups in total. The minimum Gasteiger partial charge on any atom is -0.493 e. The second-order valence-corrected chi connectivity index (χ2v) is 5.57. The van der Waals surface area contributed by atoms with Crippen LogP contribution in [0.3, 0.4) is 0 Å². The van der Waals surface area contributed by atoms with Crippen molar-refractivity contribution in [1.29, 1.82) is 0 Å². The molecular formula is C20H20O7. The monoisotopic (exact) mass is 372 g/mol. The zero-order chi connectivity index (χ0) is 19.4. The number of ether oxygens (including phenoxy) is 6. The number of hydrogen-bond acceptors (Lipinski definition) is 7. The molecule has 0 radical (unpaired) electrons. The number of benzene rings is 2. The molecule has 1 heterocycles. The van der Waals surface area contributed by atoms with E-state index < -0.39 is 0 Å². The van der Waals surface area contributed by atoms with Gasteiger partial charge in [-0.05, 0) is 35.9 Å². The predicted molar refractivity (Wildman–Crippen MR) is 98.6 cm³/mol. The van der Waals surface area contributed by atoms with Gasteiger partial charge in [0.15, 0.2) is 28.8 Å². The lowest BCUT2D eigenvalue weighted by Crippen LogP contribution is -2.00. The van der Waals surface area contributed by atoms with Gasteiger partial charge in [-0.2, -0.15) is 0 Å². The van der Waals surface area contributed by atoms with Gasteiger partial charge in [-0.25, -0.2) is 0 Å². The first kappa shape index (κ1) is 18.4. The van der Waals surface area contributed by atoms with Gasteiger partial charge in [0.05, 0.1) is 28.4 Å². The van der Waals surface area contributed by atoms with E-state index >= 15 is 0 Å². The van der Waals surface area contributed by atoms with Crippen molar-refractivity contribution >= 4 is 11.9 Å². The first-order chi connectivity index (χ1) is 13.1. The van der Waals surface area contributed by atoms with E-state index in [1.165, 1.54) is 27.4 Å². The molecule has 2 aromatic rings. The van der Waals surface area contributed by atoms with Crippen LogP contribution in [0.15, 0.2) is 30.3 Å². The summed E-state index contributed by atoms with van der Waals surface area (Å²) < 4.78 is 31.9. The summed E-state index contributed by atoms with van der Waals surface area (Å²) in [7, 11) is 6.06. The third-order valence-electron chi connectivity index (χ3n) is 4.06. The van der Waals surface area contributed by atoms with Crippen LogP contribution in [0, 0.1) is 0 Å². The number of carbonyl (C=O) groups excluding carboxylic acids is 1. The number of hydrogen-bond donors (Lipinski definition) is 0. The van der Waals surface area contributed by atoms with Gasteiger partial charge in [-0.1, -0.05) is 6.08 Å². The lowest BCUT2D eigenvalue weighted by Gasteiger charge is -2.13. The molecule has 2 aromatic carbocycles. The molecule has 0 amide bonds. The Morgan fingerprint density at radius 3 is 2.15 bits per heavy atom. The van der Waals surface area contributed by atoms with Crippen LogP contribution >= 0.6 is 0 Å². The first-order valence-electron chi connectivity index (χ1n) is 8.11. The van der Waals surface area contributed by atoms with E-state index in [0.29, 0.717) is 40.1 Å². The number of carbonyl (C=O) groups is 1. The van der Waals surface area contributed by atoms with Crippen molar-refractivity contribution in [3.05, 3.63) is 41.5 Å². The van der Waals surface area contributed by atoms with Crippen LogP contribution in [0.1, 0.15) is 15.9 Å². The van der Waals surface area contributed by atoms with Gasteiger partial charge < -0.3 is 28.4 Å². The van der Waals surface area contributed by atoms with E-state index in [2.05, 4.69) is 0 Å². The van der Waals surface area contributed by atoms with Crippen molar-refractivity contribution in [3.63, 3.8) is 0 Å². The normalized spacial score (nSPS) is 12.1. The van der Waals surface area contributed by atoms with Crippen LogP contribution in [-0.2, 0) is 0 Å². The molecule has 0 atom stereocenters. The summed E-state index contributed by atoms with van der Waals surface area (Å²) in [5.41, 5.74) is 1.16. The predicted octanol–water partition coefficient (Wildman–Crippen LogP) is 3.35. The summed E-state index contributed by atoms with van der Waals surface area (Å²) in [6, 6.07) is 6.76. The molecule has 7 heteroatoms. The van der Waals surface area contributed by atoms with E-state index in [1.807, 2.05) is 0 Å². The number of rotatable bonds is 7. The van der Waals surface area contributed by atoms with Gasteiger partial charge in [-0.15, -0.1) is 0 Å². The van der Waals surface area contributed by atoms with Crippen LogP contribution in [-0.4, -0.2) is 41.0 Å². The molecule has 0 aromatic heterocycles. The quantitative estimate of drug-likeness (QED) is 0.545. The second kappa shape index (κ2) is 7.90. The van der Waals surface area contributed by atoms with Crippen LogP contribution in [0.4, 0.5) is 0 Å². The molecule has 0 unspecified atom stereocenters. The highest BCUT2D eigenvalue weighted by atomic mass is 16.7. The van der Waals surface area contributed by atoms with Gasteiger partial charge in [0.1, 0.15) is 0 Å². The zero-order valence-corrected chi connectivity index (χ0v) is 15.5. The van der Waals surface area contributed by atoms with Crippen molar-refractivity contribution in [2.75, 3.05) is 35.2 Å². The van der Waals surface area contributed by atoms with Crippen molar-refractivity contribution in [1.82, 2.24) is 0 Å². The number of ketones is 1. The summed E-state index contributed by atoms with van der Waals surface area (Å²) >= 11 is 0. The van der Waals surface area contributed by atoms with Crippen LogP contribution in [0.25, 0.3) is 6.08 Å². The van der Waals surface area contributed by atoms with E-state index in [9.17, 15) is 4.79 Å². The average molecular weight is 372 g/mol. The molecule has 0 spiro atoms. The number of fused-ring (bicyclic) bond motifs is 1. The Bertz CT molecular complexity index is 861. The molecule has 0 bridgehead atoms. The fourth-order valence-electron chi connectivity index (χ4n) is 2.74. The molecule has 1 aliphatic rings. The van der Waals surface area contributed by atoms with E-state index in [4.69, 9.17) is 28.4 Å². The molecule has 142 valence electrons. The zero-order valence-electron chi connectivity index (χ0n) is 15.5. The molecule has 0 saturated heterocycles. The molecule has 27 heavy (non-hydrogen) atoms. The Balaban J connectivity index is 1.89. The minimum atomic E-state index is -0.217. The smallest absolute Gasteiger partial charge is 0.231 e. The summed E-state index contributed by atoms with van der Waals surface area (Å²) in [6.45, 7) is 0.142. The topological polar surface area (TPSA) is 72.5 Å². The van der Waals surface area contributed by atoms with Gasteiger partial charge in [0.25, 0.3) is 0 Å². The molecule has 0 aliphatic carbocycles. The molecule has 3 rings (SSSR count). The largest absolute Gasteiger partial charge is 0.493 e. The summed E-state index contributed by atoms with van der Waals surface area (Å²) in [6.07, 6.45) is 3.13. The highest BCUT2D eigenvalue weighted by Crippen LogP contribution is 2.42. The first-order valence-corrected chi connectivity index (χ1v) is 8.11. The SMILES string of the molecule is COc1cc(C(=O)C=Cc2cc(OC)c3c(c2)OCO3)cc(OC)c1OC. The number of methoxy groups -OCH3 is 4. The highest BCUT2D eigenvalue weighted by molar-refractivity contribution is 6.07. The third kappa shape index (κ3) is 3.62. The standard InChI is InChI=1S/C20H20O7/c1-22-15-7-12(8-18-20(15)27-11-26-18)5-6-14(21)13-9-16(23-2)19(25-4)17(10-13)24-3/h5-10H,11H2,1-4H3. The van der Waals surface area contributed by atoms with Gasteiger partial charge in [0, 0.05) is 5.56 Å². The average Bonchev–Trinajstić information content (AvgIpc) is 3.18. The van der Waals surface area contributed by atoms with Crippen molar-refractivity contribution < 1.29 is 33.2 Å². The van der Waals surface area contributed by atoms with Gasteiger partial charge in [-0.3, -0.25) is 4.79 Å². The van der Waals surface area contributed by atoms with Crippen molar-refractivity contribution in [2.45, 2.75) is 0 Å². The molecule has 1 aliphatic heterocycles. The van der Waals surface area contributed by atoms with E-state index in [1.54, 1.807) is 37.5 Å². The van der Waals surface area contributed by atoms with Gasteiger partial charge in [0.2, 0.25) is 18.3 Å². The summed E-state index contributed by atoms with van der Waals surface area (Å²) in [5.74, 6) is 2.73. The third-order valence-corrected chi connectivity index (χ3v) is 4.06. The Kier molecular flexibility index (Phi) is 5.40. The lowest BCUT2D eigenvalue weighted by molar-refractivity contribution is 0.104. The highest BCUT2D eigenvalue weighted by Gasteiger charge is 2.20. The van der Waals surface area contributed by atoms with E-state index in [-0.39, 0.29) is 12.6 Å². The Morgan fingerprint density at radius 2 is 1.56 bits per heavy atom. The molecule has 0 fully saturated rings. The van der Waals surface area contributed by atoms with Gasteiger partial charge >= 0.3 is 0 Å². The maximum Gasteiger partial charge on any atom is 0.231 e. The van der Waals surface area contributed by atoms with Crippen molar-refractivity contribution in [2.24, 2.45) is 0 Å². The minimum absolute atomic E-state index is 0.142. The number of allylic oxidation sites excluding steroid dienone is 1.